The first kappa shape index (κ1) is 24.1. The van der Waals surface area contributed by atoms with E-state index in [1.807, 2.05) is 6.07 Å². The fourth-order valence-corrected chi connectivity index (χ4v) is 3.41. The molecule has 2 amide bonds. The molecular formula is C23H30N4O4. The van der Waals surface area contributed by atoms with Crippen LogP contribution < -0.4 is 11.1 Å². The maximum absolute atomic E-state index is 13.0. The van der Waals surface area contributed by atoms with E-state index in [0.717, 1.165) is 0 Å². The molecule has 8 heteroatoms. The molecule has 1 aliphatic rings. The number of amides is 2. The minimum atomic E-state index is -0.984. The first-order valence-corrected chi connectivity index (χ1v) is 10.3. The van der Waals surface area contributed by atoms with E-state index in [1.165, 1.54) is 18.2 Å². The molecular weight excluding hydrogens is 396 g/mol. The van der Waals surface area contributed by atoms with E-state index in [-0.39, 0.29) is 18.1 Å². The second-order valence-electron chi connectivity index (χ2n) is 8.77. The Kier molecular flexibility index (Phi) is 7.95. The normalized spacial score (nSPS) is 18.4. The smallest absolute Gasteiger partial charge is 0.243 e. The van der Waals surface area contributed by atoms with Gasteiger partial charge in [0.2, 0.25) is 11.8 Å². The quantitative estimate of drug-likeness (QED) is 0.568. The Balaban J connectivity index is 2.14. The number of carbonyl (C=O) groups is 3. The second kappa shape index (κ2) is 10.2. The topological polar surface area (TPSA) is 137 Å². The molecule has 4 N–H and O–H groups in total. The molecule has 8 nitrogen and oxygen atoms in total. The minimum absolute atomic E-state index is 0.0407. The van der Waals surface area contributed by atoms with Crippen LogP contribution in [-0.4, -0.2) is 52.3 Å². The van der Waals surface area contributed by atoms with Crippen LogP contribution in [0, 0.1) is 16.7 Å². The Morgan fingerprint density at radius 3 is 2.55 bits per heavy atom. The van der Waals surface area contributed by atoms with Gasteiger partial charge in [-0.05, 0) is 36.6 Å². The zero-order valence-corrected chi connectivity index (χ0v) is 18.2. The summed E-state index contributed by atoms with van der Waals surface area (Å²) in [6, 6.07) is 5.59. The SMILES string of the molecule is CC(C)(C)C(=O)N1CCC[C@@H]1C(=O)NC(CC(N)C#N)C(=O)/C=C/c1ccc(O)cc1. The van der Waals surface area contributed by atoms with Gasteiger partial charge in [0.05, 0.1) is 18.2 Å². The summed E-state index contributed by atoms with van der Waals surface area (Å²) >= 11 is 0. The highest BCUT2D eigenvalue weighted by Crippen LogP contribution is 2.25. The molecule has 3 atom stereocenters. The Labute approximate surface area is 182 Å². The highest BCUT2D eigenvalue weighted by atomic mass is 16.3. The van der Waals surface area contributed by atoms with Crippen molar-refractivity contribution in [3.63, 3.8) is 0 Å². The van der Waals surface area contributed by atoms with Crippen molar-refractivity contribution < 1.29 is 19.5 Å². The van der Waals surface area contributed by atoms with Crippen molar-refractivity contribution in [2.75, 3.05) is 6.54 Å². The number of likely N-dealkylation sites (tertiary alicyclic amines) is 1. The number of rotatable bonds is 7. The lowest BCUT2D eigenvalue weighted by molar-refractivity contribution is -0.145. The monoisotopic (exact) mass is 426 g/mol. The molecule has 166 valence electrons. The van der Waals surface area contributed by atoms with Crippen molar-refractivity contribution in [2.45, 2.75) is 58.2 Å². The van der Waals surface area contributed by atoms with Crippen molar-refractivity contribution in [2.24, 2.45) is 11.1 Å². The second-order valence-corrected chi connectivity index (χ2v) is 8.77. The van der Waals surface area contributed by atoms with Gasteiger partial charge in [0, 0.05) is 18.4 Å². The number of carbonyl (C=O) groups excluding carboxylic acids is 3. The van der Waals surface area contributed by atoms with Crippen LogP contribution in [-0.2, 0) is 14.4 Å². The van der Waals surface area contributed by atoms with Gasteiger partial charge in [-0.2, -0.15) is 5.26 Å². The lowest BCUT2D eigenvalue weighted by Gasteiger charge is -2.31. The maximum Gasteiger partial charge on any atom is 0.243 e. The summed E-state index contributed by atoms with van der Waals surface area (Å²) in [5, 5.41) is 21.1. The van der Waals surface area contributed by atoms with Gasteiger partial charge in [0.25, 0.3) is 0 Å². The van der Waals surface area contributed by atoms with Crippen molar-refractivity contribution in [1.82, 2.24) is 10.2 Å². The number of ketones is 1. The molecule has 1 heterocycles. The van der Waals surface area contributed by atoms with Gasteiger partial charge in [-0.25, -0.2) is 0 Å². The molecule has 1 aliphatic heterocycles. The molecule has 0 radical (unpaired) electrons. The van der Waals surface area contributed by atoms with Gasteiger partial charge in [-0.3, -0.25) is 14.4 Å². The Morgan fingerprint density at radius 2 is 1.97 bits per heavy atom. The fraction of sp³-hybridized carbons (Fsp3) is 0.478. The van der Waals surface area contributed by atoms with E-state index in [2.05, 4.69) is 5.32 Å². The highest BCUT2D eigenvalue weighted by Gasteiger charge is 2.39. The molecule has 1 fully saturated rings. The Bertz CT molecular complexity index is 880. The lowest BCUT2D eigenvalue weighted by atomic mass is 9.94. The van der Waals surface area contributed by atoms with Crippen LogP contribution in [0.1, 0.15) is 45.6 Å². The van der Waals surface area contributed by atoms with Gasteiger partial charge in [-0.15, -0.1) is 0 Å². The molecule has 0 spiro atoms. The van der Waals surface area contributed by atoms with Gasteiger partial charge >= 0.3 is 0 Å². The van der Waals surface area contributed by atoms with Crippen LogP contribution >= 0.6 is 0 Å². The number of phenolic OH excluding ortho intramolecular Hbond substituents is 1. The summed E-state index contributed by atoms with van der Waals surface area (Å²) in [7, 11) is 0. The summed E-state index contributed by atoms with van der Waals surface area (Å²) in [4.78, 5) is 40.0. The van der Waals surface area contributed by atoms with E-state index >= 15 is 0 Å². The van der Waals surface area contributed by atoms with Crippen LogP contribution in [0.2, 0.25) is 0 Å². The number of phenols is 1. The van der Waals surface area contributed by atoms with E-state index < -0.39 is 35.2 Å². The summed E-state index contributed by atoms with van der Waals surface area (Å²) in [5.74, 6) is -0.830. The summed E-state index contributed by atoms with van der Waals surface area (Å²) in [6.07, 6.45) is 4.05. The maximum atomic E-state index is 13.0. The predicted octanol–water partition coefficient (Wildman–Crippen LogP) is 1.74. The van der Waals surface area contributed by atoms with Crippen molar-refractivity contribution in [1.29, 1.82) is 5.26 Å². The number of nitrogens with two attached hydrogens (primary N) is 1. The molecule has 2 rings (SSSR count). The summed E-state index contributed by atoms with van der Waals surface area (Å²) in [6.45, 7) is 5.89. The van der Waals surface area contributed by atoms with E-state index in [0.29, 0.717) is 24.9 Å². The van der Waals surface area contributed by atoms with Crippen LogP contribution in [0.25, 0.3) is 6.08 Å². The average molecular weight is 427 g/mol. The third-order valence-corrected chi connectivity index (χ3v) is 5.11. The van der Waals surface area contributed by atoms with Crippen LogP contribution in [0.5, 0.6) is 5.75 Å². The summed E-state index contributed by atoms with van der Waals surface area (Å²) < 4.78 is 0. The number of nitriles is 1. The minimum Gasteiger partial charge on any atom is -0.508 e. The number of nitrogens with zero attached hydrogens (tertiary/aromatic N) is 2. The van der Waals surface area contributed by atoms with Crippen LogP contribution in [0.15, 0.2) is 30.3 Å². The highest BCUT2D eigenvalue weighted by molar-refractivity contribution is 6.00. The number of benzene rings is 1. The van der Waals surface area contributed by atoms with Crippen LogP contribution in [0.3, 0.4) is 0 Å². The fourth-order valence-electron chi connectivity index (χ4n) is 3.41. The Hall–Kier alpha value is -3.18. The first-order valence-electron chi connectivity index (χ1n) is 10.3. The van der Waals surface area contributed by atoms with Gasteiger partial charge in [0.1, 0.15) is 11.8 Å². The molecule has 0 bridgehead atoms. The number of aromatic hydroxyl groups is 1. The molecule has 0 aromatic heterocycles. The number of hydrogen-bond donors (Lipinski definition) is 3. The Morgan fingerprint density at radius 1 is 1.32 bits per heavy atom. The molecule has 1 aromatic carbocycles. The zero-order valence-electron chi connectivity index (χ0n) is 18.2. The largest absolute Gasteiger partial charge is 0.508 e. The average Bonchev–Trinajstić information content (AvgIpc) is 3.21. The van der Waals surface area contributed by atoms with Crippen molar-refractivity contribution in [3.8, 4) is 11.8 Å². The van der Waals surface area contributed by atoms with Crippen LogP contribution in [0.4, 0.5) is 0 Å². The third-order valence-electron chi connectivity index (χ3n) is 5.11. The molecule has 31 heavy (non-hydrogen) atoms. The molecule has 0 saturated carbocycles. The molecule has 1 saturated heterocycles. The van der Waals surface area contributed by atoms with Crippen molar-refractivity contribution >= 4 is 23.7 Å². The number of nitrogens with one attached hydrogen (secondary N) is 1. The van der Waals surface area contributed by atoms with Gasteiger partial charge < -0.3 is 21.1 Å². The van der Waals surface area contributed by atoms with Crippen molar-refractivity contribution in [3.05, 3.63) is 35.9 Å². The molecule has 1 aromatic rings. The standard InChI is InChI=1S/C23H30N4O4/c1-23(2,3)22(31)27-12-4-5-19(27)21(30)26-18(13-16(25)14-24)20(29)11-8-15-6-9-17(28)10-7-15/h6-11,16,18-19,28H,4-5,12-13,25H2,1-3H3,(H,26,30)/b11-8+/t16?,18?,19-/m1/s1. The first-order chi connectivity index (χ1) is 14.5. The van der Waals surface area contributed by atoms with E-state index in [9.17, 15) is 19.5 Å². The molecule has 2 unspecified atom stereocenters. The molecule has 0 aliphatic carbocycles. The van der Waals surface area contributed by atoms with Gasteiger partial charge in [0.15, 0.2) is 5.78 Å². The van der Waals surface area contributed by atoms with Gasteiger partial charge in [-0.1, -0.05) is 39.0 Å². The third kappa shape index (κ3) is 6.66. The number of hydrogen-bond acceptors (Lipinski definition) is 6. The zero-order chi connectivity index (χ0) is 23.2. The van der Waals surface area contributed by atoms with E-state index in [4.69, 9.17) is 11.0 Å². The lowest BCUT2D eigenvalue weighted by Crippen LogP contribution is -2.53. The van der Waals surface area contributed by atoms with E-state index in [1.54, 1.807) is 43.9 Å². The summed E-state index contributed by atoms with van der Waals surface area (Å²) in [5.41, 5.74) is 5.79. The predicted molar refractivity (Wildman–Crippen MR) is 116 cm³/mol.